The summed E-state index contributed by atoms with van der Waals surface area (Å²) in [5.41, 5.74) is 1.84. The molecule has 0 bridgehead atoms. The van der Waals surface area contributed by atoms with Crippen LogP contribution in [0.4, 0.5) is 0 Å². The lowest BCUT2D eigenvalue weighted by Gasteiger charge is -2.06. The van der Waals surface area contributed by atoms with Gasteiger partial charge in [0.15, 0.2) is 11.0 Å². The molecule has 4 rings (SSSR count). The lowest BCUT2D eigenvalue weighted by Crippen LogP contribution is -1.97. The molecule has 26 heavy (non-hydrogen) atoms. The van der Waals surface area contributed by atoms with Crippen LogP contribution in [0.5, 0.6) is 0 Å². The molecule has 9 heteroatoms. The molecule has 0 saturated carbocycles. The number of fused-ring (bicyclic) bond motifs is 1. The van der Waals surface area contributed by atoms with Crippen LogP contribution in [0.25, 0.3) is 22.4 Å². The first-order chi connectivity index (χ1) is 12.7. The molecule has 0 aliphatic heterocycles. The van der Waals surface area contributed by atoms with Gasteiger partial charge in [0, 0.05) is 29.9 Å². The van der Waals surface area contributed by atoms with Crippen molar-refractivity contribution in [3.8, 4) is 17.6 Å². The van der Waals surface area contributed by atoms with Gasteiger partial charge in [0.25, 0.3) is 0 Å². The summed E-state index contributed by atoms with van der Waals surface area (Å²) in [5.74, 6) is 0.605. The van der Waals surface area contributed by atoms with E-state index < -0.39 is 0 Å². The number of benzene rings is 1. The van der Waals surface area contributed by atoms with Crippen LogP contribution in [0.3, 0.4) is 0 Å². The van der Waals surface area contributed by atoms with Gasteiger partial charge in [-0.3, -0.25) is 4.98 Å². The van der Waals surface area contributed by atoms with Crippen LogP contribution in [0, 0.1) is 11.3 Å². The Bertz CT molecular complexity index is 1150. The Morgan fingerprint density at radius 2 is 2.08 bits per heavy atom. The molecule has 7 nitrogen and oxygen atoms in total. The largest absolute Gasteiger partial charge is 0.303 e. The van der Waals surface area contributed by atoms with Crippen LogP contribution in [0.1, 0.15) is 5.56 Å². The predicted molar refractivity (Wildman–Crippen MR) is 97.6 cm³/mol. The van der Waals surface area contributed by atoms with Crippen LogP contribution in [0.15, 0.2) is 53.0 Å². The van der Waals surface area contributed by atoms with E-state index in [9.17, 15) is 5.26 Å². The van der Waals surface area contributed by atoms with Crippen molar-refractivity contribution in [2.75, 3.05) is 0 Å². The van der Waals surface area contributed by atoms with E-state index in [1.807, 2.05) is 11.6 Å². The Morgan fingerprint density at radius 3 is 2.85 bits per heavy atom. The maximum atomic E-state index is 9.45. The van der Waals surface area contributed by atoms with E-state index in [0.29, 0.717) is 37.8 Å². The average molecular weight is 380 g/mol. The highest BCUT2D eigenvalue weighted by atomic mass is 35.5. The summed E-state index contributed by atoms with van der Waals surface area (Å²) in [6.07, 6.45) is 4.83. The standard InChI is InChI=1S/C17H10ClN7S/c1-25-16(14-9-20-4-5-21-14)23-24-17(25)26-15-6-10(8-19)12-7-11(18)2-3-13(12)22-15/h2-7,9H,1H3. The smallest absolute Gasteiger partial charge is 0.197 e. The molecule has 126 valence electrons. The van der Waals surface area contributed by atoms with Crippen LogP contribution in [-0.4, -0.2) is 29.7 Å². The zero-order chi connectivity index (χ0) is 18.1. The number of pyridine rings is 1. The second-order valence-corrected chi connectivity index (χ2v) is 6.76. The molecule has 3 aromatic heterocycles. The van der Waals surface area contributed by atoms with E-state index in [4.69, 9.17) is 11.6 Å². The number of rotatable bonds is 3. The fourth-order valence-corrected chi connectivity index (χ4v) is 3.44. The SMILES string of the molecule is Cn1c(Sc2cc(C#N)c3cc(Cl)ccc3n2)nnc1-c1cnccn1. The second-order valence-electron chi connectivity index (χ2n) is 5.34. The molecular formula is C17H10ClN7S. The van der Waals surface area contributed by atoms with Crippen LogP contribution in [0.2, 0.25) is 5.02 Å². The van der Waals surface area contributed by atoms with Gasteiger partial charge in [-0.15, -0.1) is 10.2 Å². The Hall–Kier alpha value is -3.02. The minimum atomic E-state index is 0.510. The van der Waals surface area contributed by atoms with E-state index >= 15 is 0 Å². The maximum Gasteiger partial charge on any atom is 0.197 e. The van der Waals surface area contributed by atoms with Gasteiger partial charge in [-0.2, -0.15) is 5.26 Å². The summed E-state index contributed by atoms with van der Waals surface area (Å²) < 4.78 is 1.81. The fourth-order valence-electron chi connectivity index (χ4n) is 2.45. The predicted octanol–water partition coefficient (Wildman–Crippen LogP) is 3.50. The highest BCUT2D eigenvalue weighted by Crippen LogP contribution is 2.30. The van der Waals surface area contributed by atoms with Crippen molar-refractivity contribution in [2.45, 2.75) is 10.2 Å². The first-order valence-electron chi connectivity index (χ1n) is 7.50. The summed E-state index contributed by atoms with van der Waals surface area (Å²) in [4.78, 5) is 12.9. The Morgan fingerprint density at radius 1 is 1.19 bits per heavy atom. The van der Waals surface area contributed by atoms with Gasteiger partial charge in [-0.1, -0.05) is 11.6 Å². The highest BCUT2D eigenvalue weighted by molar-refractivity contribution is 7.99. The Balaban J connectivity index is 1.73. The number of hydrogen-bond donors (Lipinski definition) is 0. The van der Waals surface area contributed by atoms with E-state index in [-0.39, 0.29) is 0 Å². The summed E-state index contributed by atoms with van der Waals surface area (Å²) in [5, 5.41) is 20.4. The van der Waals surface area contributed by atoms with Crippen molar-refractivity contribution in [3.63, 3.8) is 0 Å². The fraction of sp³-hybridized carbons (Fsp3) is 0.0588. The summed E-state index contributed by atoms with van der Waals surface area (Å²) in [6.45, 7) is 0. The Kier molecular flexibility index (Phi) is 4.24. The van der Waals surface area contributed by atoms with Crippen molar-refractivity contribution in [2.24, 2.45) is 7.05 Å². The molecule has 0 N–H and O–H groups in total. The normalized spacial score (nSPS) is 10.8. The maximum absolute atomic E-state index is 9.45. The van der Waals surface area contributed by atoms with Gasteiger partial charge in [0.1, 0.15) is 10.7 Å². The highest BCUT2D eigenvalue weighted by Gasteiger charge is 2.15. The lowest BCUT2D eigenvalue weighted by molar-refractivity contribution is 0.790. The molecule has 0 fully saturated rings. The molecule has 3 heterocycles. The van der Waals surface area contributed by atoms with Crippen molar-refractivity contribution in [3.05, 3.63) is 53.4 Å². The van der Waals surface area contributed by atoms with Crippen LogP contribution >= 0.6 is 23.4 Å². The number of nitrogens with zero attached hydrogens (tertiary/aromatic N) is 7. The number of hydrogen-bond acceptors (Lipinski definition) is 7. The molecule has 0 amide bonds. The van der Waals surface area contributed by atoms with Crippen molar-refractivity contribution in [1.29, 1.82) is 5.26 Å². The molecule has 4 aromatic rings. The Labute approximate surface area is 157 Å². The summed E-state index contributed by atoms with van der Waals surface area (Å²) >= 11 is 7.35. The molecule has 0 unspecified atom stereocenters. The molecule has 0 aliphatic rings. The van der Waals surface area contributed by atoms with Gasteiger partial charge in [-0.25, -0.2) is 9.97 Å². The average Bonchev–Trinajstić information content (AvgIpc) is 3.02. The van der Waals surface area contributed by atoms with Gasteiger partial charge in [0.2, 0.25) is 0 Å². The minimum Gasteiger partial charge on any atom is -0.303 e. The van der Waals surface area contributed by atoms with Crippen molar-refractivity contribution >= 4 is 34.3 Å². The molecule has 0 aliphatic carbocycles. The number of halogens is 1. The van der Waals surface area contributed by atoms with Gasteiger partial charge >= 0.3 is 0 Å². The molecule has 1 aromatic carbocycles. The molecule has 0 saturated heterocycles. The van der Waals surface area contributed by atoms with Crippen molar-refractivity contribution < 1.29 is 0 Å². The third-order valence-corrected chi connectivity index (χ3v) is 4.88. The quantitative estimate of drug-likeness (QED) is 0.537. The van der Waals surface area contributed by atoms with Gasteiger partial charge < -0.3 is 4.57 Å². The third-order valence-electron chi connectivity index (χ3n) is 3.69. The third kappa shape index (κ3) is 2.98. The van der Waals surface area contributed by atoms with Gasteiger partial charge in [0.05, 0.1) is 23.3 Å². The zero-order valence-corrected chi connectivity index (χ0v) is 15.0. The van der Waals surface area contributed by atoms with Gasteiger partial charge in [-0.05, 0) is 36.0 Å². The second kappa shape index (κ2) is 6.71. The summed E-state index contributed by atoms with van der Waals surface area (Å²) in [6, 6.07) is 9.21. The lowest BCUT2D eigenvalue weighted by atomic mass is 10.1. The van der Waals surface area contributed by atoms with Crippen molar-refractivity contribution in [1.82, 2.24) is 29.7 Å². The van der Waals surface area contributed by atoms with E-state index in [2.05, 4.69) is 31.2 Å². The first kappa shape index (κ1) is 16.4. The molecule has 0 atom stereocenters. The van der Waals surface area contributed by atoms with Crippen LogP contribution in [-0.2, 0) is 7.05 Å². The van der Waals surface area contributed by atoms with E-state index in [0.717, 1.165) is 5.39 Å². The number of nitriles is 1. The van der Waals surface area contributed by atoms with Crippen LogP contribution < -0.4 is 0 Å². The zero-order valence-electron chi connectivity index (χ0n) is 13.5. The molecular weight excluding hydrogens is 370 g/mol. The molecule has 0 radical (unpaired) electrons. The molecule has 0 spiro atoms. The van der Waals surface area contributed by atoms with E-state index in [1.54, 1.807) is 42.9 Å². The van der Waals surface area contributed by atoms with E-state index in [1.165, 1.54) is 11.8 Å². The minimum absolute atomic E-state index is 0.510. The monoisotopic (exact) mass is 379 g/mol. The summed E-state index contributed by atoms with van der Waals surface area (Å²) in [7, 11) is 1.85. The number of aromatic nitrogens is 6. The topological polar surface area (TPSA) is 93.2 Å². The first-order valence-corrected chi connectivity index (χ1v) is 8.69.